The summed E-state index contributed by atoms with van der Waals surface area (Å²) in [6.07, 6.45) is 4.03. The number of nitrogens with one attached hydrogen (secondary N) is 1. The molecule has 1 aliphatic rings. The van der Waals surface area contributed by atoms with E-state index < -0.39 is 0 Å². The molecule has 22 heavy (non-hydrogen) atoms. The number of aromatic nitrogens is 2. The number of hydrogen-bond donors (Lipinski definition) is 1. The zero-order chi connectivity index (χ0) is 15.5. The van der Waals surface area contributed by atoms with E-state index in [0.717, 1.165) is 42.8 Å². The summed E-state index contributed by atoms with van der Waals surface area (Å²) >= 11 is 1.63. The Kier molecular flexibility index (Phi) is 4.28. The van der Waals surface area contributed by atoms with Crippen molar-refractivity contribution in [3.63, 3.8) is 0 Å². The second-order valence-electron chi connectivity index (χ2n) is 5.22. The van der Waals surface area contributed by atoms with Gasteiger partial charge < -0.3 is 15.1 Å². The molecule has 0 aromatic carbocycles. The molecule has 0 spiro atoms. The Labute approximate surface area is 133 Å². The number of guanidine groups is 1. The first kappa shape index (κ1) is 14.8. The number of hydrogen-bond acceptors (Lipinski definition) is 4. The van der Waals surface area contributed by atoms with Crippen LogP contribution in [0.1, 0.15) is 12.6 Å². The molecule has 3 heterocycles. The number of fused-ring (bicyclic) bond motifs is 1. The molecule has 1 amide bonds. The molecule has 0 bridgehead atoms. The molecule has 7 nitrogen and oxygen atoms in total. The van der Waals surface area contributed by atoms with Crippen LogP contribution in [0, 0.1) is 0 Å². The second kappa shape index (κ2) is 6.35. The Morgan fingerprint density at radius 1 is 1.36 bits per heavy atom. The fraction of sp³-hybridized carbons (Fsp3) is 0.500. The number of imidazole rings is 1. The third-order valence-electron chi connectivity index (χ3n) is 3.81. The molecule has 1 saturated heterocycles. The Hall–Kier alpha value is -2.09. The minimum atomic E-state index is 0.140. The minimum absolute atomic E-state index is 0.140. The van der Waals surface area contributed by atoms with Gasteiger partial charge in [0.1, 0.15) is 0 Å². The predicted octanol–water partition coefficient (Wildman–Crippen LogP) is 0.635. The van der Waals surface area contributed by atoms with E-state index >= 15 is 0 Å². The predicted molar refractivity (Wildman–Crippen MR) is 87.1 cm³/mol. The summed E-state index contributed by atoms with van der Waals surface area (Å²) in [7, 11) is 1.78. The summed E-state index contributed by atoms with van der Waals surface area (Å²) in [5.41, 5.74) is 0.996. The first-order chi connectivity index (χ1) is 10.7. The molecule has 1 N–H and O–H groups in total. The first-order valence-electron chi connectivity index (χ1n) is 7.29. The Balaban J connectivity index is 1.56. The van der Waals surface area contributed by atoms with Crippen molar-refractivity contribution in [1.29, 1.82) is 0 Å². The molecular weight excluding hydrogens is 300 g/mol. The van der Waals surface area contributed by atoms with Gasteiger partial charge >= 0.3 is 0 Å². The Morgan fingerprint density at radius 2 is 2.09 bits per heavy atom. The van der Waals surface area contributed by atoms with Crippen LogP contribution in [0.3, 0.4) is 0 Å². The van der Waals surface area contributed by atoms with E-state index in [1.165, 1.54) is 0 Å². The molecular formula is C14H20N6OS. The van der Waals surface area contributed by atoms with Crippen molar-refractivity contribution in [3.05, 3.63) is 23.5 Å². The standard InChI is InChI=1S/C14H20N6OS/c1-11(21)18-3-5-19(6-4-18)13(15-2)16-9-12-10-20-7-8-22-14(20)17-12/h7-8,10H,3-6,9H2,1-2H3,(H,15,16). The monoisotopic (exact) mass is 320 g/mol. The number of carbonyl (C=O) groups is 1. The van der Waals surface area contributed by atoms with Crippen LogP contribution in [0.25, 0.3) is 4.96 Å². The van der Waals surface area contributed by atoms with Gasteiger partial charge in [0.15, 0.2) is 10.9 Å². The van der Waals surface area contributed by atoms with Crippen LogP contribution < -0.4 is 5.32 Å². The van der Waals surface area contributed by atoms with Gasteiger partial charge in [-0.05, 0) is 0 Å². The van der Waals surface area contributed by atoms with Crippen LogP contribution in [0.5, 0.6) is 0 Å². The lowest BCUT2D eigenvalue weighted by Crippen LogP contribution is -2.53. The maximum absolute atomic E-state index is 11.4. The van der Waals surface area contributed by atoms with Crippen LogP contribution in [0.4, 0.5) is 0 Å². The van der Waals surface area contributed by atoms with E-state index in [9.17, 15) is 4.79 Å². The molecule has 2 aromatic rings. The quantitative estimate of drug-likeness (QED) is 0.651. The van der Waals surface area contributed by atoms with Crippen molar-refractivity contribution < 1.29 is 4.79 Å². The zero-order valence-electron chi connectivity index (χ0n) is 12.8. The molecule has 0 aliphatic carbocycles. The molecule has 1 fully saturated rings. The lowest BCUT2D eigenvalue weighted by Gasteiger charge is -2.36. The first-order valence-corrected chi connectivity index (χ1v) is 8.17. The number of piperazine rings is 1. The van der Waals surface area contributed by atoms with Gasteiger partial charge in [-0.15, -0.1) is 11.3 Å². The van der Waals surface area contributed by atoms with Gasteiger partial charge in [0.25, 0.3) is 0 Å². The Bertz CT molecular complexity index is 654. The zero-order valence-corrected chi connectivity index (χ0v) is 13.6. The van der Waals surface area contributed by atoms with Crippen molar-refractivity contribution in [2.24, 2.45) is 4.99 Å². The largest absolute Gasteiger partial charge is 0.351 e. The van der Waals surface area contributed by atoms with Crippen molar-refractivity contribution >= 4 is 28.2 Å². The van der Waals surface area contributed by atoms with Gasteiger partial charge in [0.2, 0.25) is 5.91 Å². The summed E-state index contributed by atoms with van der Waals surface area (Å²) in [6.45, 7) is 5.36. The molecule has 0 radical (unpaired) electrons. The lowest BCUT2D eigenvalue weighted by molar-refractivity contribution is -0.130. The topological polar surface area (TPSA) is 65.2 Å². The summed E-state index contributed by atoms with van der Waals surface area (Å²) in [5.74, 6) is 1.00. The van der Waals surface area contributed by atoms with Gasteiger partial charge in [-0.1, -0.05) is 0 Å². The number of rotatable bonds is 2. The van der Waals surface area contributed by atoms with Crippen molar-refractivity contribution in [2.45, 2.75) is 13.5 Å². The molecule has 8 heteroatoms. The van der Waals surface area contributed by atoms with Crippen LogP contribution in [-0.2, 0) is 11.3 Å². The van der Waals surface area contributed by atoms with E-state index in [1.807, 2.05) is 27.1 Å². The summed E-state index contributed by atoms with van der Waals surface area (Å²) < 4.78 is 2.02. The van der Waals surface area contributed by atoms with E-state index in [2.05, 4.69) is 20.2 Å². The van der Waals surface area contributed by atoms with E-state index in [0.29, 0.717) is 6.54 Å². The van der Waals surface area contributed by atoms with Crippen molar-refractivity contribution in [3.8, 4) is 0 Å². The lowest BCUT2D eigenvalue weighted by atomic mass is 10.3. The molecule has 0 atom stereocenters. The van der Waals surface area contributed by atoms with Gasteiger partial charge in [-0.25, -0.2) is 4.98 Å². The normalized spacial score (nSPS) is 16.4. The third kappa shape index (κ3) is 3.06. The number of nitrogens with zero attached hydrogens (tertiary/aromatic N) is 5. The van der Waals surface area contributed by atoms with Crippen LogP contribution in [-0.4, -0.2) is 64.3 Å². The molecule has 118 valence electrons. The smallest absolute Gasteiger partial charge is 0.219 e. The van der Waals surface area contributed by atoms with Gasteiger partial charge in [0, 0.05) is 57.9 Å². The summed E-state index contributed by atoms with van der Waals surface area (Å²) in [5, 5.41) is 5.37. The molecule has 3 rings (SSSR count). The fourth-order valence-corrected chi connectivity index (χ4v) is 3.32. The van der Waals surface area contributed by atoms with E-state index in [4.69, 9.17) is 0 Å². The summed E-state index contributed by atoms with van der Waals surface area (Å²) in [4.78, 5) is 25.3. The average molecular weight is 320 g/mol. The number of aliphatic imine (C=N–C) groups is 1. The number of amides is 1. The summed E-state index contributed by atoms with van der Waals surface area (Å²) in [6, 6.07) is 0. The third-order valence-corrected chi connectivity index (χ3v) is 4.58. The molecule has 0 unspecified atom stereocenters. The average Bonchev–Trinajstić information content (AvgIpc) is 3.09. The minimum Gasteiger partial charge on any atom is -0.351 e. The van der Waals surface area contributed by atoms with Crippen molar-refractivity contribution in [2.75, 3.05) is 33.2 Å². The molecule has 2 aromatic heterocycles. The van der Waals surface area contributed by atoms with E-state index in [-0.39, 0.29) is 5.91 Å². The maximum atomic E-state index is 11.4. The molecule has 0 saturated carbocycles. The second-order valence-corrected chi connectivity index (χ2v) is 6.09. The fourth-order valence-electron chi connectivity index (χ4n) is 2.60. The van der Waals surface area contributed by atoms with Crippen LogP contribution in [0.2, 0.25) is 0 Å². The molecule has 1 aliphatic heterocycles. The number of carbonyl (C=O) groups excluding carboxylic acids is 1. The highest BCUT2D eigenvalue weighted by Crippen LogP contribution is 2.11. The highest BCUT2D eigenvalue weighted by molar-refractivity contribution is 7.15. The highest BCUT2D eigenvalue weighted by atomic mass is 32.1. The van der Waals surface area contributed by atoms with Crippen molar-refractivity contribution in [1.82, 2.24) is 24.5 Å². The van der Waals surface area contributed by atoms with Gasteiger partial charge in [0.05, 0.1) is 12.2 Å². The highest BCUT2D eigenvalue weighted by Gasteiger charge is 2.20. The van der Waals surface area contributed by atoms with Crippen LogP contribution >= 0.6 is 11.3 Å². The van der Waals surface area contributed by atoms with Crippen LogP contribution in [0.15, 0.2) is 22.8 Å². The Morgan fingerprint density at radius 3 is 2.73 bits per heavy atom. The van der Waals surface area contributed by atoms with Gasteiger partial charge in [-0.2, -0.15) is 0 Å². The van der Waals surface area contributed by atoms with Gasteiger partial charge in [-0.3, -0.25) is 14.2 Å². The maximum Gasteiger partial charge on any atom is 0.219 e. The number of thiazole rings is 1. The SMILES string of the molecule is CN=C(NCc1cn2ccsc2n1)N1CCN(C(C)=O)CC1. The van der Waals surface area contributed by atoms with E-state index in [1.54, 1.807) is 25.3 Å².